The van der Waals surface area contributed by atoms with Crippen LogP contribution in [0.5, 0.6) is 11.5 Å². The summed E-state index contributed by atoms with van der Waals surface area (Å²) in [5.41, 5.74) is 35.1. The van der Waals surface area contributed by atoms with Gasteiger partial charge in [-0.1, -0.05) is 36.4 Å². The molecule has 76 heavy (non-hydrogen) atoms. The van der Waals surface area contributed by atoms with Gasteiger partial charge >= 0.3 is 22.8 Å². The number of carbonyl (C=O) groups excluding carboxylic acids is 4. The van der Waals surface area contributed by atoms with Gasteiger partial charge in [0, 0.05) is 62.7 Å². The predicted molar refractivity (Wildman–Crippen MR) is 265 cm³/mol. The topological polar surface area (TPSA) is 406 Å². The number of ether oxygens (including phenoxy) is 2. The third-order valence-electron chi connectivity index (χ3n) is 10.7. The minimum Gasteiger partial charge on any atom is -0.497 e. The van der Waals surface area contributed by atoms with Crippen molar-refractivity contribution in [1.82, 2.24) is 0 Å². The summed E-state index contributed by atoms with van der Waals surface area (Å²) in [6.45, 7) is 0. The molecule has 4 aliphatic carbocycles. The molecule has 0 unspecified atom stereocenters. The summed E-state index contributed by atoms with van der Waals surface area (Å²) >= 11 is 0. The van der Waals surface area contributed by atoms with Gasteiger partial charge in [-0.25, -0.2) is 0 Å². The van der Waals surface area contributed by atoms with Crippen LogP contribution in [0.2, 0.25) is 0 Å². The molecule has 0 bridgehead atoms. The van der Waals surface area contributed by atoms with E-state index >= 15 is 0 Å². The van der Waals surface area contributed by atoms with Crippen molar-refractivity contribution >= 4 is 108 Å². The summed E-state index contributed by atoms with van der Waals surface area (Å²) in [6.07, 6.45) is 7.21. The monoisotopic (exact) mass is 1120 g/mol. The lowest BCUT2D eigenvalue weighted by molar-refractivity contribution is -0.00460. The Balaban J connectivity index is 0.000000187. The van der Waals surface area contributed by atoms with E-state index in [0.29, 0.717) is 5.75 Å². The van der Waals surface area contributed by atoms with E-state index in [1.165, 1.54) is 99.2 Å². The van der Waals surface area contributed by atoms with E-state index in [4.69, 9.17) is 31.6 Å². The fraction of sp³-hybridized carbons (Fsp3) is 0.130. The van der Waals surface area contributed by atoms with E-state index in [0.717, 1.165) is 40.6 Å². The van der Waals surface area contributed by atoms with Gasteiger partial charge in [0.05, 0.1) is 54.8 Å². The summed E-state index contributed by atoms with van der Waals surface area (Å²) < 4.78 is 122. The van der Waals surface area contributed by atoms with Gasteiger partial charge in [0.2, 0.25) is 0 Å². The first-order valence-electron chi connectivity index (χ1n) is 20.6. The highest BCUT2D eigenvalue weighted by Crippen LogP contribution is 2.34. The quantitative estimate of drug-likeness (QED) is 0.124. The SMILES string of the molecule is COS(=O)(=O)C1=CC(=[N+]=[N-])C(=O)c2ccccc21.COS(=O)(=O)c1cccc2c1C=CC(=[N+]=[N-])C2=O.COc1cc2c(c(S(=O)(=O)OC)c1)C=CC(=[N+]=[N-])C2=O.COc1ccc2c(c1)C(=O)C(=[N+]=[N-])C=C2S(=O)(=O)OC. The van der Waals surface area contributed by atoms with E-state index in [1.54, 1.807) is 12.1 Å². The van der Waals surface area contributed by atoms with E-state index in [1.807, 2.05) is 0 Å². The number of fused-ring (bicyclic) bond motifs is 4. The first-order valence-corrected chi connectivity index (χ1v) is 26.3. The Morgan fingerprint density at radius 3 is 1.24 bits per heavy atom. The molecule has 0 radical (unpaired) electrons. The molecule has 0 heterocycles. The van der Waals surface area contributed by atoms with Gasteiger partial charge in [0.15, 0.2) is 0 Å². The molecule has 392 valence electrons. The predicted octanol–water partition coefficient (Wildman–Crippen LogP) is 3.56. The van der Waals surface area contributed by atoms with Gasteiger partial charge in [-0.2, -0.15) is 52.8 Å². The lowest BCUT2D eigenvalue weighted by Crippen LogP contribution is -2.23. The Labute approximate surface area is 432 Å². The number of ketones is 4. The van der Waals surface area contributed by atoms with Gasteiger partial charge in [0.25, 0.3) is 63.6 Å². The Hall–Kier alpha value is -8.72. The zero-order valence-electron chi connectivity index (χ0n) is 40.0. The summed E-state index contributed by atoms with van der Waals surface area (Å²) in [7, 11) is -9.08. The first-order chi connectivity index (χ1) is 35.9. The van der Waals surface area contributed by atoms with Crippen molar-refractivity contribution in [3.63, 3.8) is 0 Å². The average molecular weight is 1120 g/mol. The van der Waals surface area contributed by atoms with Crippen LogP contribution in [0, 0.1) is 0 Å². The largest absolute Gasteiger partial charge is 0.497 e. The van der Waals surface area contributed by atoms with E-state index in [9.17, 15) is 52.8 Å². The zero-order chi connectivity index (χ0) is 56.5. The molecule has 30 heteroatoms. The number of hydrogen-bond donors (Lipinski definition) is 0. The fourth-order valence-corrected chi connectivity index (χ4v) is 10.5. The maximum Gasteiger partial charge on any atom is 0.364 e. The first kappa shape index (κ1) is 58.2. The molecule has 4 aliphatic rings. The highest BCUT2D eigenvalue weighted by molar-refractivity contribution is 7.96. The van der Waals surface area contributed by atoms with Crippen LogP contribution in [-0.4, -0.2) is 141 Å². The van der Waals surface area contributed by atoms with Gasteiger partial charge < -0.3 is 31.6 Å². The van der Waals surface area contributed by atoms with Crippen LogP contribution in [0.1, 0.15) is 63.7 Å². The van der Waals surface area contributed by atoms with Crippen LogP contribution in [0.25, 0.3) is 44.1 Å². The van der Waals surface area contributed by atoms with Crippen molar-refractivity contribution in [2.45, 2.75) is 9.79 Å². The summed E-state index contributed by atoms with van der Waals surface area (Å²) in [5, 5.41) is 0. The molecule has 0 saturated heterocycles. The van der Waals surface area contributed by atoms with Crippen molar-refractivity contribution < 1.29 is 98.2 Å². The average Bonchev–Trinajstić information content (AvgIpc) is 3.43. The van der Waals surface area contributed by atoms with Crippen molar-refractivity contribution in [1.29, 1.82) is 0 Å². The molecule has 0 atom stereocenters. The summed E-state index contributed by atoms with van der Waals surface area (Å²) in [6, 6.07) is 17.3. The number of nitrogens with zero attached hydrogens (tertiary/aromatic N) is 8. The number of Topliss-reactive ketones (excluding diaryl/α,β-unsaturated/α-hetero) is 4. The van der Waals surface area contributed by atoms with Gasteiger partial charge in [0.1, 0.15) is 31.1 Å². The highest BCUT2D eigenvalue weighted by atomic mass is 32.2. The maximum atomic E-state index is 12.1. The van der Waals surface area contributed by atoms with Crippen LogP contribution >= 0.6 is 0 Å². The number of methoxy groups -OCH3 is 2. The molecule has 0 saturated carbocycles. The number of benzene rings is 4. The lowest BCUT2D eigenvalue weighted by atomic mass is 9.94. The molecule has 0 spiro atoms. The Bertz CT molecular complexity index is 4010. The maximum absolute atomic E-state index is 12.1. The lowest BCUT2D eigenvalue weighted by Gasteiger charge is -2.14. The smallest absolute Gasteiger partial charge is 0.364 e. The third kappa shape index (κ3) is 11.8. The van der Waals surface area contributed by atoms with Crippen LogP contribution in [0.4, 0.5) is 0 Å². The van der Waals surface area contributed by atoms with Crippen molar-refractivity contribution in [2.24, 2.45) is 0 Å². The third-order valence-corrected chi connectivity index (χ3v) is 16.0. The summed E-state index contributed by atoms with van der Waals surface area (Å²) in [4.78, 5) is 58.4. The van der Waals surface area contributed by atoms with E-state index < -0.39 is 63.6 Å². The molecular weight excluding hydrogens is 1080 g/mol. The molecule has 0 amide bonds. The van der Waals surface area contributed by atoms with E-state index in [2.05, 4.69) is 35.9 Å². The van der Waals surface area contributed by atoms with Crippen LogP contribution in [0.15, 0.2) is 107 Å². The number of hydrogen-bond acceptors (Lipinski definition) is 18. The number of rotatable bonds is 10. The van der Waals surface area contributed by atoms with Crippen LogP contribution in [0.3, 0.4) is 0 Å². The zero-order valence-corrected chi connectivity index (χ0v) is 43.2. The minimum atomic E-state index is -4.04. The molecule has 8 rings (SSSR count). The van der Waals surface area contributed by atoms with Gasteiger partial charge in [-0.05, 0) is 42.5 Å². The Morgan fingerprint density at radius 2 is 0.763 bits per heavy atom. The molecule has 0 fully saturated rings. The molecule has 0 aromatic heterocycles. The number of carbonyl (C=O) groups is 4. The van der Waals surface area contributed by atoms with Crippen molar-refractivity contribution in [3.05, 3.63) is 164 Å². The highest BCUT2D eigenvalue weighted by Gasteiger charge is 2.38. The second kappa shape index (κ2) is 23.7. The second-order valence-electron chi connectivity index (χ2n) is 14.7. The van der Waals surface area contributed by atoms with Crippen molar-refractivity contribution in [3.8, 4) is 11.5 Å². The second-order valence-corrected chi connectivity index (χ2v) is 21.4. The molecule has 0 aliphatic heterocycles. The Kier molecular flexibility index (Phi) is 18.1. The molecule has 4 aromatic rings. The van der Waals surface area contributed by atoms with Crippen LogP contribution in [-0.2, 0) is 57.2 Å². The fourth-order valence-electron chi connectivity index (χ4n) is 7.01. The standard InChI is InChI=1S/2C12H10N2O5S.2C11H8N2O4S/c1-18-7-5-9-8(3-4-10(14-13)12(9)15)11(6-7)20(16,17)19-2;1-18-7-3-4-8-9(5-7)12(15)10(14-13)6-11(8)20(16,17)19-2;1-17-18(15,16)10-4-2-3-8-7(10)5-6-9(13-12)11(8)14;1-17-18(15,16)10-6-9(13-12)11(14)8-5-3-2-4-7(8)10/h2*3-6H,1-2H3;2*2-6H,1H3. The Morgan fingerprint density at radius 1 is 0.368 bits per heavy atom. The molecule has 4 aromatic carbocycles. The molecule has 26 nitrogen and oxygen atoms in total. The van der Waals surface area contributed by atoms with Gasteiger partial charge in [-0.15, -0.1) is 0 Å². The van der Waals surface area contributed by atoms with Gasteiger partial charge in [-0.3, -0.25) is 35.9 Å². The minimum absolute atomic E-state index is 0.0651. The summed E-state index contributed by atoms with van der Waals surface area (Å²) in [5.74, 6) is -1.72. The van der Waals surface area contributed by atoms with E-state index in [-0.39, 0.29) is 92.7 Å². The molecule has 0 N–H and O–H groups in total. The van der Waals surface area contributed by atoms with Crippen molar-refractivity contribution in [2.75, 3.05) is 42.7 Å². The molecular formula is C46H36N8O18S4. The van der Waals surface area contributed by atoms with Crippen LogP contribution < -0.4 is 9.47 Å². The number of allylic oxidation sites excluding steroid dienone is 4. The normalized spacial score (nSPS) is 14.3.